The van der Waals surface area contributed by atoms with Gasteiger partial charge in [0.2, 0.25) is 17.7 Å². The fourth-order valence-electron chi connectivity index (χ4n) is 13.6. The van der Waals surface area contributed by atoms with E-state index in [-0.39, 0.29) is 54.2 Å². The molecule has 0 spiro atoms. The molecular formula is C82H80FN13O7. The molecule has 522 valence electrons. The molecule has 15 rings (SSSR count). The average Bonchev–Trinajstić information content (AvgIpc) is 1.63. The minimum atomic E-state index is -0.278. The van der Waals surface area contributed by atoms with Gasteiger partial charge in [-0.2, -0.15) is 15.3 Å². The van der Waals surface area contributed by atoms with Crippen LogP contribution < -0.4 is 19.5 Å². The van der Waals surface area contributed by atoms with Gasteiger partial charge in [-0.1, -0.05) is 105 Å². The van der Waals surface area contributed by atoms with E-state index in [1.165, 1.54) is 18.2 Å². The van der Waals surface area contributed by atoms with Crippen LogP contribution in [0.2, 0.25) is 0 Å². The van der Waals surface area contributed by atoms with Crippen LogP contribution in [0.1, 0.15) is 90.6 Å². The van der Waals surface area contributed by atoms with Crippen molar-refractivity contribution in [3.8, 4) is 51.0 Å². The molecule has 21 heteroatoms. The molecule has 9 heterocycles. The number of carbonyl (C=O) groups excluding carboxylic acids is 4. The van der Waals surface area contributed by atoms with Gasteiger partial charge in [-0.15, -0.1) is 0 Å². The van der Waals surface area contributed by atoms with Crippen molar-refractivity contribution < 1.29 is 37.8 Å². The number of hydrogen-bond donors (Lipinski definition) is 1. The van der Waals surface area contributed by atoms with Gasteiger partial charge in [0, 0.05) is 133 Å². The highest BCUT2D eigenvalue weighted by Gasteiger charge is 2.31. The molecule has 12 aromatic rings. The number of methoxy groups -OCH3 is 1. The zero-order valence-electron chi connectivity index (χ0n) is 57.6. The number of fused-ring (bicyclic) bond motifs is 3. The minimum Gasteiger partial charge on any atom is -0.497 e. The molecule has 3 saturated heterocycles. The highest BCUT2D eigenvalue weighted by Crippen LogP contribution is 2.37. The number of carbonyl (C=O) groups is 4. The molecule has 6 aromatic carbocycles. The maximum Gasteiger partial charge on any atom is 0.251 e. The van der Waals surface area contributed by atoms with Crippen molar-refractivity contribution in [1.82, 2.24) is 64.3 Å². The molecule has 0 bridgehead atoms. The fraction of sp³-hybridized carbons (Fsp3) is 0.244. The third-order valence-corrected chi connectivity index (χ3v) is 19.0. The molecular weight excluding hydrogens is 1300 g/mol. The number of piperidine rings is 2. The standard InChI is InChI=1S/C28H29N5O3.C27H25FN4O2.C27H26N4O2/c1-3-26(34)32-14-12-22(18-32)33-25-11-13-29-17-24(25)27(31-33)20-7-9-21(10-8-20)28(35)30-16-19-5-4-6-23(15-19)36-2;1-2-26(33)31-15-5-7-21(17-31)32-25-13-14-29-16-23(25)27(30-32)19-9-11-22(12-10-19)34-18-20-6-3-4-8-24(20)28;1-2-26(32)30-16-6-7-22(18-30)31-25-14-15-28-17-24(25)27(29-31)21-12-10-20(11-13-21)19-33-23-8-4-3-5-9-23/h4-11,13,15,17,22H,3,12,14,16,18H2,1-2H3,(H,30,35);2-4,6,8-14,16,21H,1,5,7,15,17-18H2;2-5,8-15,17,22H,1,6-7,16,18-19H2/t22-;21-;/m11./s1. The summed E-state index contributed by atoms with van der Waals surface area (Å²) in [6.45, 7) is 14.4. The predicted molar refractivity (Wildman–Crippen MR) is 395 cm³/mol. The second-order valence-corrected chi connectivity index (χ2v) is 25.6. The summed E-state index contributed by atoms with van der Waals surface area (Å²) in [7, 11) is 1.62. The number of benzene rings is 6. The van der Waals surface area contributed by atoms with Crippen LogP contribution in [0.4, 0.5) is 4.39 Å². The summed E-state index contributed by atoms with van der Waals surface area (Å²) in [5, 5.41) is 20.8. The number of amides is 4. The van der Waals surface area contributed by atoms with Gasteiger partial charge in [0.1, 0.15) is 53.4 Å². The Labute approximate surface area is 596 Å². The average molecular weight is 1380 g/mol. The summed E-state index contributed by atoms with van der Waals surface area (Å²) >= 11 is 0. The maximum atomic E-state index is 13.8. The van der Waals surface area contributed by atoms with Crippen molar-refractivity contribution in [1.29, 1.82) is 0 Å². The minimum absolute atomic E-state index is 0.0219. The summed E-state index contributed by atoms with van der Waals surface area (Å²) in [5.74, 6) is 1.95. The van der Waals surface area contributed by atoms with Gasteiger partial charge < -0.3 is 34.2 Å². The first kappa shape index (κ1) is 69.4. The Kier molecular flexibility index (Phi) is 21.9. The number of para-hydroxylation sites is 1. The van der Waals surface area contributed by atoms with Gasteiger partial charge in [0.05, 0.1) is 41.8 Å². The number of ether oxygens (including phenoxy) is 3. The Hall–Kier alpha value is -12.1. The zero-order chi connectivity index (χ0) is 71.2. The predicted octanol–water partition coefficient (Wildman–Crippen LogP) is 14.4. The summed E-state index contributed by atoms with van der Waals surface area (Å²) < 4.78 is 36.9. The number of nitrogens with one attached hydrogen (secondary N) is 1. The molecule has 3 aliphatic rings. The highest BCUT2D eigenvalue weighted by atomic mass is 19.1. The topological polar surface area (TPSA) is 210 Å². The largest absolute Gasteiger partial charge is 0.497 e. The zero-order valence-corrected chi connectivity index (χ0v) is 57.6. The van der Waals surface area contributed by atoms with Crippen molar-refractivity contribution in [2.24, 2.45) is 0 Å². The summed E-state index contributed by atoms with van der Waals surface area (Å²) in [4.78, 5) is 67.8. The molecule has 0 aliphatic carbocycles. The summed E-state index contributed by atoms with van der Waals surface area (Å²) in [5.41, 5.74) is 11.6. The van der Waals surface area contributed by atoms with E-state index in [9.17, 15) is 23.6 Å². The molecule has 0 saturated carbocycles. The first-order valence-corrected chi connectivity index (χ1v) is 34.8. The maximum absolute atomic E-state index is 13.8. The fourth-order valence-corrected chi connectivity index (χ4v) is 13.6. The van der Waals surface area contributed by atoms with E-state index in [0.29, 0.717) is 56.1 Å². The van der Waals surface area contributed by atoms with Crippen molar-refractivity contribution >= 4 is 56.3 Å². The number of hydrogen-bond acceptors (Lipinski definition) is 13. The van der Waals surface area contributed by atoms with E-state index in [1.54, 1.807) is 43.9 Å². The van der Waals surface area contributed by atoms with E-state index in [0.717, 1.165) is 141 Å². The Morgan fingerprint density at radius 3 is 1.51 bits per heavy atom. The van der Waals surface area contributed by atoms with Gasteiger partial charge in [0.15, 0.2) is 0 Å². The Bertz CT molecular complexity index is 4980. The van der Waals surface area contributed by atoms with Crippen LogP contribution in [0.5, 0.6) is 17.2 Å². The highest BCUT2D eigenvalue weighted by molar-refractivity contribution is 5.97. The number of rotatable bonds is 19. The van der Waals surface area contributed by atoms with Gasteiger partial charge in [-0.25, -0.2) is 4.39 Å². The van der Waals surface area contributed by atoms with Gasteiger partial charge in [0.25, 0.3) is 5.91 Å². The molecule has 3 atom stereocenters. The molecule has 1 unspecified atom stereocenters. The molecule has 4 amide bonds. The molecule has 3 aliphatic heterocycles. The Morgan fingerprint density at radius 1 is 0.515 bits per heavy atom. The van der Waals surface area contributed by atoms with Crippen LogP contribution >= 0.6 is 0 Å². The van der Waals surface area contributed by atoms with E-state index < -0.39 is 0 Å². The van der Waals surface area contributed by atoms with Crippen LogP contribution in [0.15, 0.2) is 232 Å². The molecule has 103 heavy (non-hydrogen) atoms. The van der Waals surface area contributed by atoms with Gasteiger partial charge >= 0.3 is 0 Å². The lowest BCUT2D eigenvalue weighted by atomic mass is 10.1. The van der Waals surface area contributed by atoms with Crippen LogP contribution in [0.25, 0.3) is 66.5 Å². The second kappa shape index (κ2) is 32.5. The van der Waals surface area contributed by atoms with Crippen LogP contribution in [-0.4, -0.2) is 129 Å². The number of likely N-dealkylation sites (tertiary alicyclic amines) is 3. The van der Waals surface area contributed by atoms with Crippen molar-refractivity contribution in [3.05, 3.63) is 260 Å². The van der Waals surface area contributed by atoms with Crippen molar-refractivity contribution in [2.75, 3.05) is 46.4 Å². The molecule has 1 N–H and O–H groups in total. The van der Waals surface area contributed by atoms with Gasteiger partial charge in [-0.3, -0.25) is 48.2 Å². The number of pyridine rings is 3. The number of aromatic nitrogens is 9. The van der Waals surface area contributed by atoms with E-state index >= 15 is 0 Å². The van der Waals surface area contributed by atoms with E-state index in [2.05, 4.69) is 62.4 Å². The first-order valence-electron chi connectivity index (χ1n) is 34.8. The lowest BCUT2D eigenvalue weighted by molar-refractivity contribution is -0.130. The molecule has 20 nitrogen and oxygen atoms in total. The van der Waals surface area contributed by atoms with Crippen molar-refractivity contribution in [3.63, 3.8) is 0 Å². The second-order valence-electron chi connectivity index (χ2n) is 25.6. The van der Waals surface area contributed by atoms with E-state index in [1.807, 2.05) is 171 Å². The van der Waals surface area contributed by atoms with Crippen LogP contribution in [0.3, 0.4) is 0 Å². The summed E-state index contributed by atoms with van der Waals surface area (Å²) in [6, 6.07) is 53.7. The quantitative estimate of drug-likeness (QED) is 0.0748. The normalized spacial score (nSPS) is 15.7. The third kappa shape index (κ3) is 16.1. The Balaban J connectivity index is 0.000000138. The van der Waals surface area contributed by atoms with Crippen molar-refractivity contribution in [2.45, 2.75) is 83.3 Å². The SMILES string of the molecule is C=CC(=O)N1CCCC(n2nc(-c3ccc(COc4ccccc4)cc3)c3cnccc32)C1.C=CC(=O)N1CCC[C@@H](n2nc(-c3ccc(OCc4ccccc4F)cc3)c3cnccc32)C1.CCC(=O)N1CC[C@@H](n2nc(-c3ccc(C(=O)NCc4cccc(OC)c4)cc3)c3cnccc32)C1. The monoisotopic (exact) mass is 1380 g/mol. The van der Waals surface area contributed by atoms with Gasteiger partial charge in [-0.05, 0) is 140 Å². The lowest BCUT2D eigenvalue weighted by Gasteiger charge is -2.32. The number of nitrogens with zero attached hydrogens (tertiary/aromatic N) is 12. The number of halogens is 1. The van der Waals surface area contributed by atoms with Crippen LogP contribution in [0, 0.1) is 5.82 Å². The van der Waals surface area contributed by atoms with E-state index in [4.69, 9.17) is 29.5 Å². The third-order valence-electron chi connectivity index (χ3n) is 19.0. The Morgan fingerprint density at radius 2 is 0.990 bits per heavy atom. The smallest absolute Gasteiger partial charge is 0.251 e. The first-order chi connectivity index (χ1) is 50.4. The molecule has 3 fully saturated rings. The lowest BCUT2D eigenvalue weighted by Crippen LogP contribution is -2.40. The molecule has 6 aromatic heterocycles. The summed E-state index contributed by atoms with van der Waals surface area (Å²) in [6.07, 6.45) is 18.8. The van der Waals surface area contributed by atoms with Crippen LogP contribution in [-0.2, 0) is 34.1 Å². The molecule has 0 radical (unpaired) electrons.